The SMILES string of the molecule is COCC(N)C(=O)N(C)c1ccc(OC)c(Cl)c1. The van der Waals surface area contributed by atoms with Crippen LogP contribution in [0.1, 0.15) is 0 Å². The number of ether oxygens (including phenoxy) is 2. The van der Waals surface area contributed by atoms with Crippen molar-refractivity contribution in [1.29, 1.82) is 0 Å². The van der Waals surface area contributed by atoms with E-state index in [4.69, 9.17) is 26.8 Å². The Morgan fingerprint density at radius 1 is 1.50 bits per heavy atom. The van der Waals surface area contributed by atoms with E-state index in [1.165, 1.54) is 19.1 Å². The van der Waals surface area contributed by atoms with Gasteiger partial charge in [-0.2, -0.15) is 0 Å². The molecule has 6 heteroatoms. The molecule has 0 spiro atoms. The van der Waals surface area contributed by atoms with Gasteiger partial charge in [0, 0.05) is 19.8 Å². The number of hydrogen-bond donors (Lipinski definition) is 1. The Morgan fingerprint density at radius 2 is 2.17 bits per heavy atom. The highest BCUT2D eigenvalue weighted by Crippen LogP contribution is 2.28. The Kier molecular flexibility index (Phi) is 5.40. The predicted molar refractivity (Wildman–Crippen MR) is 71.3 cm³/mol. The number of amides is 1. The molecule has 1 aromatic rings. The van der Waals surface area contributed by atoms with Gasteiger partial charge < -0.3 is 20.1 Å². The van der Waals surface area contributed by atoms with Crippen LogP contribution in [0.2, 0.25) is 5.02 Å². The van der Waals surface area contributed by atoms with E-state index in [0.717, 1.165) is 0 Å². The number of hydrogen-bond acceptors (Lipinski definition) is 4. The van der Waals surface area contributed by atoms with Crippen molar-refractivity contribution in [1.82, 2.24) is 0 Å². The molecule has 1 unspecified atom stereocenters. The maximum Gasteiger partial charge on any atom is 0.246 e. The van der Waals surface area contributed by atoms with Crippen LogP contribution < -0.4 is 15.4 Å². The molecule has 1 rings (SSSR count). The van der Waals surface area contributed by atoms with Crippen molar-refractivity contribution in [2.24, 2.45) is 5.73 Å². The zero-order chi connectivity index (χ0) is 13.7. The lowest BCUT2D eigenvalue weighted by Crippen LogP contribution is -2.44. The Balaban J connectivity index is 2.87. The van der Waals surface area contributed by atoms with Gasteiger partial charge in [-0.1, -0.05) is 11.6 Å². The van der Waals surface area contributed by atoms with Gasteiger partial charge in [0.1, 0.15) is 11.8 Å². The van der Waals surface area contributed by atoms with Crippen LogP contribution in [-0.2, 0) is 9.53 Å². The average Bonchev–Trinajstić information content (AvgIpc) is 2.37. The molecular formula is C12H17ClN2O3. The largest absolute Gasteiger partial charge is 0.495 e. The first kappa shape index (κ1) is 14.8. The summed E-state index contributed by atoms with van der Waals surface area (Å²) in [6.07, 6.45) is 0. The van der Waals surface area contributed by atoms with E-state index in [9.17, 15) is 4.79 Å². The molecule has 18 heavy (non-hydrogen) atoms. The van der Waals surface area contributed by atoms with Crippen LogP contribution in [0.25, 0.3) is 0 Å². The summed E-state index contributed by atoms with van der Waals surface area (Å²) in [4.78, 5) is 13.4. The number of halogens is 1. The molecule has 0 fully saturated rings. The van der Waals surface area contributed by atoms with Crippen molar-refractivity contribution in [3.63, 3.8) is 0 Å². The second kappa shape index (κ2) is 6.58. The maximum atomic E-state index is 11.9. The fourth-order valence-corrected chi connectivity index (χ4v) is 1.74. The molecule has 0 saturated carbocycles. The molecule has 5 nitrogen and oxygen atoms in total. The molecule has 1 amide bonds. The number of nitrogens with two attached hydrogens (primary N) is 1. The number of nitrogens with zero attached hydrogens (tertiary/aromatic N) is 1. The molecular weight excluding hydrogens is 256 g/mol. The van der Waals surface area contributed by atoms with Crippen molar-refractivity contribution < 1.29 is 14.3 Å². The third kappa shape index (κ3) is 3.35. The molecule has 0 aliphatic carbocycles. The van der Waals surface area contributed by atoms with Crippen LogP contribution in [0.4, 0.5) is 5.69 Å². The highest BCUT2D eigenvalue weighted by Gasteiger charge is 2.19. The molecule has 0 bridgehead atoms. The van der Waals surface area contributed by atoms with Gasteiger partial charge in [-0.15, -0.1) is 0 Å². The third-order valence-electron chi connectivity index (χ3n) is 2.52. The highest BCUT2D eigenvalue weighted by molar-refractivity contribution is 6.32. The molecule has 0 aliphatic rings. The average molecular weight is 273 g/mol. The second-order valence-electron chi connectivity index (χ2n) is 3.78. The number of carbonyl (C=O) groups excluding carboxylic acids is 1. The standard InChI is InChI=1S/C12H17ClN2O3/c1-15(12(16)10(14)7-17-2)8-4-5-11(18-3)9(13)6-8/h4-6,10H,7,14H2,1-3H3. The summed E-state index contributed by atoms with van der Waals surface area (Å²) in [7, 11) is 4.66. The summed E-state index contributed by atoms with van der Waals surface area (Å²) in [5.41, 5.74) is 6.34. The lowest BCUT2D eigenvalue weighted by atomic mass is 10.2. The number of carbonyl (C=O) groups is 1. The Morgan fingerprint density at radius 3 is 2.67 bits per heavy atom. The van der Waals surface area contributed by atoms with Gasteiger partial charge >= 0.3 is 0 Å². The zero-order valence-electron chi connectivity index (χ0n) is 10.6. The second-order valence-corrected chi connectivity index (χ2v) is 4.19. The van der Waals surface area contributed by atoms with Crippen molar-refractivity contribution in [2.75, 3.05) is 32.8 Å². The summed E-state index contributed by atoms with van der Waals surface area (Å²) in [5, 5.41) is 0.440. The van der Waals surface area contributed by atoms with E-state index in [1.807, 2.05) is 0 Å². The summed E-state index contributed by atoms with van der Waals surface area (Å²) >= 11 is 6.00. The molecule has 0 aliphatic heterocycles. The van der Waals surface area contributed by atoms with Gasteiger partial charge in [0.25, 0.3) is 0 Å². The minimum absolute atomic E-state index is 0.174. The van der Waals surface area contributed by atoms with Crippen LogP contribution in [0.3, 0.4) is 0 Å². The number of benzene rings is 1. The number of likely N-dealkylation sites (N-methyl/N-ethyl adjacent to an activating group) is 1. The summed E-state index contributed by atoms with van der Waals surface area (Å²) < 4.78 is 9.90. The summed E-state index contributed by atoms with van der Waals surface area (Å²) in [6, 6.07) is 4.39. The first-order valence-corrected chi connectivity index (χ1v) is 5.74. The Hall–Kier alpha value is -1.30. The minimum Gasteiger partial charge on any atom is -0.495 e. The fourth-order valence-electron chi connectivity index (χ4n) is 1.49. The van der Waals surface area contributed by atoms with Crippen LogP contribution in [-0.4, -0.2) is 39.8 Å². The number of methoxy groups -OCH3 is 2. The molecule has 2 N–H and O–H groups in total. The van der Waals surface area contributed by atoms with E-state index in [1.54, 1.807) is 25.2 Å². The number of anilines is 1. The monoisotopic (exact) mass is 272 g/mol. The van der Waals surface area contributed by atoms with Crippen LogP contribution in [0.15, 0.2) is 18.2 Å². The molecule has 0 radical (unpaired) electrons. The van der Waals surface area contributed by atoms with Gasteiger partial charge in [0.05, 0.1) is 18.7 Å². The van der Waals surface area contributed by atoms with Crippen LogP contribution >= 0.6 is 11.6 Å². The first-order chi connectivity index (χ1) is 8.51. The van der Waals surface area contributed by atoms with Gasteiger partial charge in [-0.05, 0) is 18.2 Å². The van der Waals surface area contributed by atoms with Crippen molar-refractivity contribution in [3.8, 4) is 5.75 Å². The first-order valence-electron chi connectivity index (χ1n) is 5.37. The maximum absolute atomic E-state index is 11.9. The topological polar surface area (TPSA) is 64.8 Å². The van der Waals surface area contributed by atoms with Crippen molar-refractivity contribution in [3.05, 3.63) is 23.2 Å². The van der Waals surface area contributed by atoms with Gasteiger partial charge in [-0.25, -0.2) is 0 Å². The minimum atomic E-state index is -0.694. The quantitative estimate of drug-likeness (QED) is 0.877. The summed E-state index contributed by atoms with van der Waals surface area (Å²) in [6.45, 7) is 0.174. The smallest absolute Gasteiger partial charge is 0.246 e. The van der Waals surface area contributed by atoms with E-state index < -0.39 is 6.04 Å². The Labute approximate surface area is 111 Å². The van der Waals surface area contributed by atoms with Crippen LogP contribution in [0.5, 0.6) is 5.75 Å². The predicted octanol–water partition coefficient (Wildman–Crippen LogP) is 1.29. The van der Waals surface area contributed by atoms with Crippen molar-refractivity contribution >= 4 is 23.2 Å². The lowest BCUT2D eigenvalue weighted by Gasteiger charge is -2.21. The fraction of sp³-hybridized carbons (Fsp3) is 0.417. The van der Waals surface area contributed by atoms with E-state index in [2.05, 4.69) is 0 Å². The molecule has 0 aromatic heterocycles. The molecule has 100 valence electrons. The van der Waals surface area contributed by atoms with E-state index in [-0.39, 0.29) is 12.5 Å². The van der Waals surface area contributed by atoms with Crippen molar-refractivity contribution in [2.45, 2.75) is 6.04 Å². The molecule has 1 aromatic carbocycles. The molecule has 0 heterocycles. The van der Waals surface area contributed by atoms with Crippen LogP contribution in [0, 0.1) is 0 Å². The zero-order valence-corrected chi connectivity index (χ0v) is 11.4. The number of rotatable bonds is 5. The van der Waals surface area contributed by atoms with E-state index >= 15 is 0 Å². The lowest BCUT2D eigenvalue weighted by molar-refractivity contribution is -0.120. The van der Waals surface area contributed by atoms with Gasteiger partial charge in [-0.3, -0.25) is 4.79 Å². The normalized spacial score (nSPS) is 12.1. The summed E-state index contributed by atoms with van der Waals surface area (Å²) in [5.74, 6) is 0.320. The highest BCUT2D eigenvalue weighted by atomic mass is 35.5. The third-order valence-corrected chi connectivity index (χ3v) is 2.81. The molecule has 1 atom stereocenters. The van der Waals surface area contributed by atoms with Gasteiger partial charge in [0.15, 0.2) is 0 Å². The Bertz CT molecular complexity index is 426. The molecule has 0 saturated heterocycles. The van der Waals surface area contributed by atoms with E-state index in [0.29, 0.717) is 16.5 Å². The van der Waals surface area contributed by atoms with Gasteiger partial charge in [0.2, 0.25) is 5.91 Å².